The highest BCUT2D eigenvalue weighted by Crippen LogP contribution is 2.27. The van der Waals surface area contributed by atoms with Crippen LogP contribution in [0.2, 0.25) is 0 Å². The molecule has 0 saturated heterocycles. The van der Waals surface area contributed by atoms with E-state index in [9.17, 15) is 9.59 Å². The summed E-state index contributed by atoms with van der Waals surface area (Å²) in [4.78, 5) is 32.0. The fourth-order valence-corrected chi connectivity index (χ4v) is 4.12. The Labute approximate surface area is 168 Å². The van der Waals surface area contributed by atoms with E-state index in [-0.39, 0.29) is 23.1 Å². The van der Waals surface area contributed by atoms with Crippen molar-refractivity contribution in [2.45, 2.75) is 39.8 Å². The van der Waals surface area contributed by atoms with E-state index in [0.29, 0.717) is 24.7 Å². The zero-order chi connectivity index (χ0) is 20.7. The first-order valence-corrected chi connectivity index (χ1v) is 9.76. The van der Waals surface area contributed by atoms with E-state index >= 15 is 0 Å². The van der Waals surface area contributed by atoms with Crippen LogP contribution >= 0.6 is 0 Å². The van der Waals surface area contributed by atoms with Crippen LogP contribution in [-0.2, 0) is 20.0 Å². The first kappa shape index (κ1) is 19.0. The third kappa shape index (κ3) is 3.14. The lowest BCUT2D eigenvalue weighted by molar-refractivity contribution is 0.0679. The smallest absolute Gasteiger partial charge is 0.263 e. The maximum atomic E-state index is 13.2. The van der Waals surface area contributed by atoms with Crippen molar-refractivity contribution in [2.24, 2.45) is 7.05 Å². The summed E-state index contributed by atoms with van der Waals surface area (Å²) in [6.45, 7) is 6.73. The molecule has 4 rings (SSSR count). The highest BCUT2D eigenvalue weighted by atomic mass is 16.2. The minimum absolute atomic E-state index is 0.0328. The molecule has 1 amide bonds. The number of fused-ring (bicyclic) bond motifs is 1. The van der Waals surface area contributed by atoms with Crippen molar-refractivity contribution in [3.63, 3.8) is 0 Å². The Morgan fingerprint density at radius 2 is 2.07 bits per heavy atom. The van der Waals surface area contributed by atoms with Crippen LogP contribution in [0.25, 0.3) is 11.5 Å². The molecule has 8 heteroatoms. The molecule has 0 aliphatic carbocycles. The second-order valence-corrected chi connectivity index (χ2v) is 7.46. The summed E-state index contributed by atoms with van der Waals surface area (Å²) in [6, 6.07) is 7.34. The molecule has 4 heterocycles. The van der Waals surface area contributed by atoms with Crippen molar-refractivity contribution < 1.29 is 4.79 Å². The van der Waals surface area contributed by atoms with E-state index in [0.717, 1.165) is 23.4 Å². The van der Waals surface area contributed by atoms with Crippen molar-refractivity contribution >= 4 is 5.91 Å². The lowest BCUT2D eigenvalue weighted by Gasteiger charge is -2.32. The van der Waals surface area contributed by atoms with Gasteiger partial charge in [-0.2, -0.15) is 0 Å². The SMILES string of the molecule is CCc1c(C)cc(C(=O)N2Cc3nnc(-c4ccccn4)n3[C@@H](C)C2)c(=O)n1C. The molecule has 1 aliphatic heterocycles. The van der Waals surface area contributed by atoms with Gasteiger partial charge in [0.15, 0.2) is 11.6 Å². The summed E-state index contributed by atoms with van der Waals surface area (Å²) in [6.07, 6.45) is 2.46. The Kier molecular flexibility index (Phi) is 4.77. The van der Waals surface area contributed by atoms with E-state index in [1.807, 2.05) is 43.5 Å². The van der Waals surface area contributed by atoms with Crippen molar-refractivity contribution in [1.29, 1.82) is 0 Å². The molecule has 150 valence electrons. The number of aryl methyl sites for hydroxylation is 1. The molecule has 3 aromatic heterocycles. The van der Waals surface area contributed by atoms with Gasteiger partial charge in [0.25, 0.3) is 11.5 Å². The predicted octanol–water partition coefficient (Wildman–Crippen LogP) is 2.13. The normalized spacial score (nSPS) is 16.0. The number of aromatic nitrogens is 5. The monoisotopic (exact) mass is 392 g/mol. The quantitative estimate of drug-likeness (QED) is 0.682. The minimum atomic E-state index is -0.267. The fraction of sp³-hybridized carbons (Fsp3) is 0.381. The minimum Gasteiger partial charge on any atom is -0.329 e. The molecule has 3 aromatic rings. The van der Waals surface area contributed by atoms with Gasteiger partial charge >= 0.3 is 0 Å². The highest BCUT2D eigenvalue weighted by Gasteiger charge is 2.31. The lowest BCUT2D eigenvalue weighted by atomic mass is 10.1. The van der Waals surface area contributed by atoms with Gasteiger partial charge in [0, 0.05) is 25.5 Å². The van der Waals surface area contributed by atoms with Gasteiger partial charge in [0.2, 0.25) is 0 Å². The van der Waals surface area contributed by atoms with Gasteiger partial charge in [-0.15, -0.1) is 10.2 Å². The van der Waals surface area contributed by atoms with Crippen molar-refractivity contribution in [1.82, 2.24) is 29.2 Å². The molecule has 0 radical (unpaired) electrons. The average Bonchev–Trinajstić information content (AvgIpc) is 3.16. The molecule has 0 unspecified atom stereocenters. The third-order valence-electron chi connectivity index (χ3n) is 5.53. The molecule has 0 spiro atoms. The van der Waals surface area contributed by atoms with Crippen LogP contribution in [0.4, 0.5) is 0 Å². The van der Waals surface area contributed by atoms with Gasteiger partial charge in [0.1, 0.15) is 11.3 Å². The van der Waals surface area contributed by atoms with Gasteiger partial charge in [-0.05, 0) is 44.0 Å². The molecule has 0 aromatic carbocycles. The fourth-order valence-electron chi connectivity index (χ4n) is 4.12. The second-order valence-electron chi connectivity index (χ2n) is 7.46. The number of amides is 1. The first-order chi connectivity index (χ1) is 13.9. The predicted molar refractivity (Wildman–Crippen MR) is 109 cm³/mol. The standard InChI is InChI=1S/C21H24N6O2/c1-5-17-13(2)10-15(20(28)25(17)4)21(29)26-11-14(3)27-18(12-26)23-24-19(27)16-8-6-7-9-22-16/h6-10,14H,5,11-12H2,1-4H3/t14-/m0/s1. The Bertz CT molecular complexity index is 1130. The molecular weight excluding hydrogens is 368 g/mol. The molecule has 8 nitrogen and oxygen atoms in total. The molecular formula is C21H24N6O2. The number of carbonyl (C=O) groups is 1. The summed E-state index contributed by atoms with van der Waals surface area (Å²) >= 11 is 0. The van der Waals surface area contributed by atoms with Crippen LogP contribution in [0.5, 0.6) is 0 Å². The molecule has 29 heavy (non-hydrogen) atoms. The largest absolute Gasteiger partial charge is 0.329 e. The van der Waals surface area contributed by atoms with Crippen LogP contribution in [0, 0.1) is 6.92 Å². The second kappa shape index (κ2) is 7.27. The van der Waals surface area contributed by atoms with Gasteiger partial charge in [-0.3, -0.25) is 14.6 Å². The van der Waals surface area contributed by atoms with Crippen LogP contribution in [0.15, 0.2) is 35.3 Å². The Balaban J connectivity index is 1.68. The van der Waals surface area contributed by atoms with Crippen LogP contribution in [0.3, 0.4) is 0 Å². The van der Waals surface area contributed by atoms with E-state index in [2.05, 4.69) is 15.2 Å². The number of carbonyl (C=O) groups excluding carboxylic acids is 1. The molecule has 0 bridgehead atoms. The number of hydrogen-bond acceptors (Lipinski definition) is 5. The topological polar surface area (TPSA) is 85.9 Å². The molecule has 0 N–H and O–H groups in total. The summed E-state index contributed by atoms with van der Waals surface area (Å²) in [7, 11) is 1.72. The molecule has 1 atom stereocenters. The maximum Gasteiger partial charge on any atom is 0.263 e. The van der Waals surface area contributed by atoms with E-state index < -0.39 is 0 Å². The molecule has 0 saturated carbocycles. The van der Waals surface area contributed by atoms with Gasteiger partial charge < -0.3 is 14.0 Å². The lowest BCUT2D eigenvalue weighted by Crippen LogP contribution is -2.43. The van der Waals surface area contributed by atoms with E-state index in [4.69, 9.17) is 0 Å². The number of nitrogens with zero attached hydrogens (tertiary/aromatic N) is 6. The van der Waals surface area contributed by atoms with Crippen molar-refractivity contribution in [2.75, 3.05) is 6.54 Å². The van der Waals surface area contributed by atoms with E-state index in [1.54, 1.807) is 28.8 Å². The number of pyridine rings is 2. The van der Waals surface area contributed by atoms with Crippen LogP contribution < -0.4 is 5.56 Å². The Morgan fingerprint density at radius 1 is 1.28 bits per heavy atom. The van der Waals surface area contributed by atoms with Crippen molar-refractivity contribution in [3.05, 3.63) is 63.5 Å². The van der Waals surface area contributed by atoms with Gasteiger partial charge in [-0.1, -0.05) is 13.0 Å². The Hall–Kier alpha value is -3.29. The summed E-state index contributed by atoms with van der Waals surface area (Å²) in [5.74, 6) is 1.12. The highest BCUT2D eigenvalue weighted by molar-refractivity contribution is 5.94. The zero-order valence-electron chi connectivity index (χ0n) is 17.1. The summed E-state index contributed by atoms with van der Waals surface area (Å²) in [5, 5.41) is 8.59. The zero-order valence-corrected chi connectivity index (χ0v) is 17.1. The maximum absolute atomic E-state index is 13.2. The van der Waals surface area contributed by atoms with Crippen LogP contribution in [-0.4, -0.2) is 41.7 Å². The van der Waals surface area contributed by atoms with Gasteiger partial charge in [0.05, 0.1) is 12.6 Å². The number of hydrogen-bond donors (Lipinski definition) is 0. The molecule has 0 fully saturated rings. The average molecular weight is 392 g/mol. The van der Waals surface area contributed by atoms with Gasteiger partial charge in [-0.25, -0.2) is 0 Å². The number of rotatable bonds is 3. The first-order valence-electron chi connectivity index (χ1n) is 9.76. The third-order valence-corrected chi connectivity index (χ3v) is 5.53. The van der Waals surface area contributed by atoms with Crippen LogP contribution in [0.1, 0.15) is 47.3 Å². The summed E-state index contributed by atoms with van der Waals surface area (Å²) < 4.78 is 3.60. The molecule has 1 aliphatic rings. The summed E-state index contributed by atoms with van der Waals surface area (Å²) in [5.41, 5.74) is 2.58. The van der Waals surface area contributed by atoms with Crippen molar-refractivity contribution in [3.8, 4) is 11.5 Å². The van der Waals surface area contributed by atoms with E-state index in [1.165, 1.54) is 0 Å². The Morgan fingerprint density at radius 3 is 2.76 bits per heavy atom.